The third-order valence-electron chi connectivity index (χ3n) is 7.57. The zero-order valence-corrected chi connectivity index (χ0v) is 16.8. The summed E-state index contributed by atoms with van der Waals surface area (Å²) < 4.78 is 11.7. The van der Waals surface area contributed by atoms with Crippen LogP contribution in [0.5, 0.6) is 11.5 Å². The van der Waals surface area contributed by atoms with E-state index in [-0.39, 0.29) is 23.8 Å². The second-order valence-corrected chi connectivity index (χ2v) is 9.38. The Kier molecular flexibility index (Phi) is 4.34. The number of carbonyl (C=O) groups is 1. The summed E-state index contributed by atoms with van der Waals surface area (Å²) in [6.45, 7) is 4.04. The maximum Gasteiger partial charge on any atom is 0.225 e. The van der Waals surface area contributed by atoms with Crippen LogP contribution in [0.25, 0.3) is 0 Å². The lowest BCUT2D eigenvalue weighted by Crippen LogP contribution is -2.50. The van der Waals surface area contributed by atoms with Gasteiger partial charge in [0, 0.05) is 12.0 Å². The van der Waals surface area contributed by atoms with E-state index in [4.69, 9.17) is 9.47 Å². The van der Waals surface area contributed by atoms with Crippen LogP contribution < -0.4 is 9.47 Å². The monoisotopic (exact) mass is 385 g/mol. The minimum absolute atomic E-state index is 0.00504. The molecule has 152 valence electrons. The molecule has 1 amide bonds. The van der Waals surface area contributed by atoms with E-state index in [0.29, 0.717) is 13.2 Å². The molecule has 1 spiro atoms. The minimum Gasteiger partial charge on any atom is -0.486 e. The second kappa shape index (κ2) is 6.65. The molecule has 1 aromatic carbocycles. The third kappa shape index (κ3) is 2.90. The van der Waals surface area contributed by atoms with Crippen LogP contribution in [0.1, 0.15) is 81.9 Å². The first-order valence-electron chi connectivity index (χ1n) is 11.0. The first-order valence-corrected chi connectivity index (χ1v) is 11.0. The molecular weight excluding hydrogens is 354 g/mol. The fraction of sp³-hybridized carbons (Fsp3) is 0.696. The summed E-state index contributed by atoms with van der Waals surface area (Å²) in [7, 11) is 0. The number of aliphatic hydroxyl groups is 1. The van der Waals surface area contributed by atoms with Crippen LogP contribution >= 0.6 is 0 Å². The number of amides is 1. The molecule has 5 rings (SSSR count). The lowest BCUT2D eigenvalue weighted by Gasteiger charge is -2.47. The summed E-state index contributed by atoms with van der Waals surface area (Å²) in [6.07, 6.45) is 8.44. The Bertz CT molecular complexity index is 777. The van der Waals surface area contributed by atoms with Crippen molar-refractivity contribution in [2.24, 2.45) is 0 Å². The maximum absolute atomic E-state index is 13.3. The van der Waals surface area contributed by atoms with Crippen molar-refractivity contribution < 1.29 is 19.4 Å². The SMILES string of the molecule is CC1c2cc3c(cc2C2(CCCC2)CN1C(=O)CC1(O)CCCC1)OCCO3. The van der Waals surface area contributed by atoms with Crippen LogP contribution in [0.2, 0.25) is 0 Å². The molecular formula is C23H31NO4. The number of hydrogen-bond donors (Lipinski definition) is 1. The number of ether oxygens (including phenoxy) is 2. The second-order valence-electron chi connectivity index (χ2n) is 9.38. The average molecular weight is 386 g/mol. The first kappa shape index (κ1) is 18.3. The lowest BCUT2D eigenvalue weighted by molar-refractivity contribution is -0.140. The average Bonchev–Trinajstić information content (AvgIpc) is 3.33. The number of rotatable bonds is 2. The van der Waals surface area contributed by atoms with Gasteiger partial charge in [0.15, 0.2) is 11.5 Å². The molecule has 2 fully saturated rings. The number of fused-ring (bicyclic) bond motifs is 3. The number of hydrogen-bond acceptors (Lipinski definition) is 4. The van der Waals surface area contributed by atoms with Crippen LogP contribution in [0, 0.1) is 0 Å². The van der Waals surface area contributed by atoms with E-state index in [1.165, 1.54) is 24.0 Å². The van der Waals surface area contributed by atoms with Crippen molar-refractivity contribution in [3.8, 4) is 11.5 Å². The molecule has 1 unspecified atom stereocenters. The van der Waals surface area contributed by atoms with E-state index in [1.807, 2.05) is 4.90 Å². The molecule has 2 saturated carbocycles. The summed E-state index contributed by atoms with van der Waals surface area (Å²) in [5, 5.41) is 10.8. The van der Waals surface area contributed by atoms with Crippen molar-refractivity contribution in [3.05, 3.63) is 23.3 Å². The fourth-order valence-corrected chi connectivity index (χ4v) is 6.00. The largest absolute Gasteiger partial charge is 0.486 e. The highest BCUT2D eigenvalue weighted by molar-refractivity contribution is 5.79. The molecule has 5 nitrogen and oxygen atoms in total. The van der Waals surface area contributed by atoms with Gasteiger partial charge in [-0.25, -0.2) is 0 Å². The Morgan fingerprint density at radius 1 is 1.07 bits per heavy atom. The Morgan fingerprint density at radius 2 is 1.68 bits per heavy atom. The Labute approximate surface area is 167 Å². The summed E-state index contributed by atoms with van der Waals surface area (Å²) in [5.41, 5.74) is 1.77. The molecule has 2 aliphatic heterocycles. The van der Waals surface area contributed by atoms with E-state index in [1.54, 1.807) is 0 Å². The zero-order valence-electron chi connectivity index (χ0n) is 16.8. The van der Waals surface area contributed by atoms with Crippen molar-refractivity contribution >= 4 is 5.91 Å². The molecule has 0 aromatic heterocycles. The van der Waals surface area contributed by atoms with Crippen molar-refractivity contribution in [2.45, 2.75) is 81.8 Å². The van der Waals surface area contributed by atoms with Gasteiger partial charge >= 0.3 is 0 Å². The highest BCUT2D eigenvalue weighted by Gasteiger charge is 2.47. The molecule has 1 atom stereocenters. The maximum atomic E-state index is 13.3. The van der Waals surface area contributed by atoms with Gasteiger partial charge in [-0.05, 0) is 55.9 Å². The van der Waals surface area contributed by atoms with Gasteiger partial charge in [-0.1, -0.05) is 25.7 Å². The number of carbonyl (C=O) groups excluding carboxylic acids is 1. The Balaban J connectivity index is 1.51. The van der Waals surface area contributed by atoms with Crippen LogP contribution in [-0.4, -0.2) is 41.3 Å². The van der Waals surface area contributed by atoms with Gasteiger partial charge in [0.05, 0.1) is 18.1 Å². The molecule has 0 bridgehead atoms. The van der Waals surface area contributed by atoms with Gasteiger partial charge in [-0.2, -0.15) is 0 Å². The molecule has 4 aliphatic rings. The van der Waals surface area contributed by atoms with Crippen molar-refractivity contribution in [1.29, 1.82) is 0 Å². The van der Waals surface area contributed by atoms with E-state index >= 15 is 0 Å². The Morgan fingerprint density at radius 3 is 2.36 bits per heavy atom. The van der Waals surface area contributed by atoms with E-state index in [0.717, 1.165) is 56.6 Å². The van der Waals surface area contributed by atoms with E-state index in [9.17, 15) is 9.90 Å². The van der Waals surface area contributed by atoms with Gasteiger partial charge in [0.2, 0.25) is 5.91 Å². The third-order valence-corrected chi connectivity index (χ3v) is 7.57. The van der Waals surface area contributed by atoms with Gasteiger partial charge in [-0.3, -0.25) is 4.79 Å². The van der Waals surface area contributed by atoms with E-state index < -0.39 is 5.60 Å². The van der Waals surface area contributed by atoms with Gasteiger partial charge in [0.1, 0.15) is 13.2 Å². The fourth-order valence-electron chi connectivity index (χ4n) is 6.00. The van der Waals surface area contributed by atoms with Crippen molar-refractivity contribution in [3.63, 3.8) is 0 Å². The molecule has 0 saturated heterocycles. The van der Waals surface area contributed by atoms with Gasteiger partial charge in [0.25, 0.3) is 0 Å². The Hall–Kier alpha value is -1.75. The zero-order chi connectivity index (χ0) is 19.4. The standard InChI is InChI=1S/C23H31NO4/c1-16-17-12-19-20(28-11-10-27-19)13-18(17)22(6-2-3-7-22)15-24(16)21(25)14-23(26)8-4-5-9-23/h12-13,16,26H,2-11,14-15H2,1H3. The van der Waals surface area contributed by atoms with Crippen LogP contribution in [0.4, 0.5) is 0 Å². The normalized spacial score (nSPS) is 27.1. The molecule has 1 aromatic rings. The van der Waals surface area contributed by atoms with Gasteiger partial charge in [-0.15, -0.1) is 0 Å². The molecule has 2 heterocycles. The van der Waals surface area contributed by atoms with Crippen LogP contribution in [-0.2, 0) is 10.2 Å². The predicted octanol–water partition coefficient (Wildman–Crippen LogP) is 3.87. The van der Waals surface area contributed by atoms with Crippen molar-refractivity contribution in [2.75, 3.05) is 19.8 Å². The highest BCUT2D eigenvalue weighted by Crippen LogP contribution is 2.52. The molecule has 2 aliphatic carbocycles. The summed E-state index contributed by atoms with van der Waals surface area (Å²) in [4.78, 5) is 15.4. The predicted molar refractivity (Wildman–Crippen MR) is 106 cm³/mol. The number of nitrogens with zero attached hydrogens (tertiary/aromatic N) is 1. The molecule has 28 heavy (non-hydrogen) atoms. The van der Waals surface area contributed by atoms with E-state index in [2.05, 4.69) is 19.1 Å². The highest BCUT2D eigenvalue weighted by atomic mass is 16.6. The van der Waals surface area contributed by atoms with Gasteiger partial charge < -0.3 is 19.5 Å². The molecule has 0 radical (unpaired) electrons. The minimum atomic E-state index is -0.799. The summed E-state index contributed by atoms with van der Waals surface area (Å²) in [5.74, 6) is 1.75. The number of benzene rings is 1. The summed E-state index contributed by atoms with van der Waals surface area (Å²) >= 11 is 0. The topological polar surface area (TPSA) is 59.0 Å². The van der Waals surface area contributed by atoms with Crippen LogP contribution in [0.3, 0.4) is 0 Å². The summed E-state index contributed by atoms with van der Waals surface area (Å²) in [6, 6.07) is 4.30. The smallest absolute Gasteiger partial charge is 0.225 e. The molecule has 1 N–H and O–H groups in total. The molecule has 5 heteroatoms. The van der Waals surface area contributed by atoms with Crippen LogP contribution in [0.15, 0.2) is 12.1 Å². The first-order chi connectivity index (χ1) is 13.5. The van der Waals surface area contributed by atoms with Crippen molar-refractivity contribution in [1.82, 2.24) is 4.90 Å². The quantitative estimate of drug-likeness (QED) is 0.840. The lowest BCUT2D eigenvalue weighted by atomic mass is 9.71.